The fraction of sp³-hybridized carbons (Fsp3) is 0.438. The van der Waals surface area contributed by atoms with Crippen LogP contribution in [0.5, 0.6) is 0 Å². The van der Waals surface area contributed by atoms with Gasteiger partial charge < -0.3 is 10.2 Å². The molecule has 118 valence electrons. The molecule has 2 N–H and O–H groups in total. The summed E-state index contributed by atoms with van der Waals surface area (Å²) in [6.07, 6.45) is 1.53. The average Bonchev–Trinajstić information content (AvgIpc) is 2.83. The Morgan fingerprint density at radius 1 is 1.18 bits per heavy atom. The summed E-state index contributed by atoms with van der Waals surface area (Å²) in [5.41, 5.74) is 2.33. The van der Waals surface area contributed by atoms with Crippen LogP contribution >= 0.6 is 0 Å². The van der Waals surface area contributed by atoms with Crippen LogP contribution < -0.4 is 10.6 Å². The van der Waals surface area contributed by atoms with E-state index < -0.39 is 12.1 Å². The average molecular weight is 303 g/mol. The van der Waals surface area contributed by atoms with Gasteiger partial charge in [0.15, 0.2) is 0 Å². The molecule has 1 aliphatic heterocycles. The molecule has 0 aromatic heterocycles. The van der Waals surface area contributed by atoms with Gasteiger partial charge in [0.2, 0.25) is 5.91 Å². The molecule has 0 spiro atoms. The van der Waals surface area contributed by atoms with Crippen molar-refractivity contribution in [3.63, 3.8) is 0 Å². The molecule has 1 aliphatic rings. The van der Waals surface area contributed by atoms with E-state index in [4.69, 9.17) is 0 Å². The fourth-order valence-corrected chi connectivity index (χ4v) is 2.36. The lowest BCUT2D eigenvalue weighted by Gasteiger charge is -2.18. The maximum atomic E-state index is 12.1. The summed E-state index contributed by atoms with van der Waals surface area (Å²) in [7, 11) is 1.74. The molecule has 0 radical (unpaired) electrons. The lowest BCUT2D eigenvalue weighted by molar-refractivity contribution is -0.130. The number of nitrogens with one attached hydrogen (secondary N) is 2. The minimum atomic E-state index is -0.603. The van der Waals surface area contributed by atoms with Crippen LogP contribution in [0, 0.1) is 0 Å². The van der Waals surface area contributed by atoms with Crippen LogP contribution in [0.4, 0.5) is 4.79 Å². The van der Waals surface area contributed by atoms with Gasteiger partial charge in [-0.05, 0) is 24.0 Å². The van der Waals surface area contributed by atoms with Gasteiger partial charge in [0.1, 0.15) is 6.04 Å². The molecule has 1 fully saturated rings. The van der Waals surface area contributed by atoms with Gasteiger partial charge in [-0.25, -0.2) is 4.79 Å². The number of imide groups is 1. The third kappa shape index (κ3) is 4.07. The molecular weight excluding hydrogens is 282 g/mol. The highest BCUT2D eigenvalue weighted by Crippen LogP contribution is 2.10. The minimum Gasteiger partial charge on any atom is -0.341 e. The first-order valence-electron chi connectivity index (χ1n) is 7.42. The minimum absolute atomic E-state index is 0.0477. The number of urea groups is 1. The zero-order valence-electron chi connectivity index (χ0n) is 12.9. The third-order valence-corrected chi connectivity index (χ3v) is 3.78. The van der Waals surface area contributed by atoms with Gasteiger partial charge in [-0.2, -0.15) is 0 Å². The fourth-order valence-electron chi connectivity index (χ4n) is 2.36. The number of carbonyl (C=O) groups is 3. The van der Waals surface area contributed by atoms with Crippen molar-refractivity contribution in [1.29, 1.82) is 0 Å². The summed E-state index contributed by atoms with van der Waals surface area (Å²) >= 11 is 0. The molecule has 6 heteroatoms. The Morgan fingerprint density at radius 2 is 1.82 bits per heavy atom. The molecule has 4 amide bonds. The Kier molecular flexibility index (Phi) is 5.14. The second-order valence-corrected chi connectivity index (χ2v) is 5.47. The Labute approximate surface area is 129 Å². The SMILES string of the molecule is CCc1ccc(CN(C)C(=O)CC[C@@H]2NC(=O)NC2=O)cc1. The van der Waals surface area contributed by atoms with Crippen LogP contribution in [-0.2, 0) is 22.6 Å². The molecule has 1 heterocycles. The molecule has 1 aromatic carbocycles. The third-order valence-electron chi connectivity index (χ3n) is 3.78. The Balaban J connectivity index is 1.81. The van der Waals surface area contributed by atoms with Gasteiger partial charge in [0.05, 0.1) is 0 Å². The second-order valence-electron chi connectivity index (χ2n) is 5.47. The van der Waals surface area contributed by atoms with E-state index in [2.05, 4.69) is 29.7 Å². The van der Waals surface area contributed by atoms with Crippen molar-refractivity contribution in [2.24, 2.45) is 0 Å². The first-order chi connectivity index (χ1) is 10.5. The summed E-state index contributed by atoms with van der Waals surface area (Å²) in [6, 6.07) is 7.07. The van der Waals surface area contributed by atoms with Gasteiger partial charge >= 0.3 is 6.03 Å². The predicted molar refractivity (Wildman–Crippen MR) is 82.0 cm³/mol. The van der Waals surface area contributed by atoms with Gasteiger partial charge in [0, 0.05) is 20.0 Å². The van der Waals surface area contributed by atoms with Crippen LogP contribution in [0.3, 0.4) is 0 Å². The number of hydrogen-bond donors (Lipinski definition) is 2. The van der Waals surface area contributed by atoms with Crippen molar-refractivity contribution < 1.29 is 14.4 Å². The highest BCUT2D eigenvalue weighted by molar-refractivity contribution is 6.04. The smallest absolute Gasteiger partial charge is 0.322 e. The molecule has 0 bridgehead atoms. The standard InChI is InChI=1S/C16H21N3O3/c1-3-11-4-6-12(7-5-11)10-19(2)14(20)9-8-13-15(21)18-16(22)17-13/h4-7,13H,3,8-10H2,1-2H3,(H2,17,18,21,22)/t13-/m0/s1. The molecule has 6 nitrogen and oxygen atoms in total. The number of hydrogen-bond acceptors (Lipinski definition) is 3. The molecule has 0 aliphatic carbocycles. The molecule has 1 atom stereocenters. The summed E-state index contributed by atoms with van der Waals surface area (Å²) < 4.78 is 0. The van der Waals surface area contributed by atoms with E-state index in [9.17, 15) is 14.4 Å². The van der Waals surface area contributed by atoms with Crippen LogP contribution in [0.1, 0.15) is 30.9 Å². The highest BCUT2D eigenvalue weighted by Gasteiger charge is 2.29. The topological polar surface area (TPSA) is 78.5 Å². The molecular formula is C16H21N3O3. The maximum absolute atomic E-state index is 12.1. The summed E-state index contributed by atoms with van der Waals surface area (Å²) in [5, 5.41) is 4.65. The van der Waals surface area contributed by atoms with E-state index in [0.717, 1.165) is 12.0 Å². The van der Waals surface area contributed by atoms with Crippen molar-refractivity contribution in [1.82, 2.24) is 15.5 Å². The normalized spacial score (nSPS) is 17.1. The van der Waals surface area contributed by atoms with E-state index in [-0.39, 0.29) is 18.2 Å². The zero-order chi connectivity index (χ0) is 16.1. The van der Waals surface area contributed by atoms with Crippen LogP contribution in [-0.4, -0.2) is 35.8 Å². The van der Waals surface area contributed by atoms with Gasteiger partial charge in [-0.3, -0.25) is 14.9 Å². The molecule has 1 saturated heterocycles. The summed E-state index contributed by atoms with van der Waals surface area (Å²) in [4.78, 5) is 36.1. The largest absolute Gasteiger partial charge is 0.341 e. The van der Waals surface area contributed by atoms with Crippen LogP contribution in [0.25, 0.3) is 0 Å². The Morgan fingerprint density at radius 3 is 2.36 bits per heavy atom. The number of carbonyl (C=O) groups excluding carboxylic acids is 3. The number of aryl methyl sites for hydroxylation is 1. The van der Waals surface area contributed by atoms with E-state index >= 15 is 0 Å². The Bertz CT molecular complexity index is 569. The quantitative estimate of drug-likeness (QED) is 0.775. The number of rotatable bonds is 6. The molecule has 0 unspecified atom stereocenters. The van der Waals surface area contributed by atoms with Gasteiger partial charge in [0.25, 0.3) is 5.91 Å². The Hall–Kier alpha value is -2.37. The van der Waals surface area contributed by atoms with Crippen LogP contribution in [0.2, 0.25) is 0 Å². The molecule has 22 heavy (non-hydrogen) atoms. The van der Waals surface area contributed by atoms with Crippen molar-refractivity contribution in [2.75, 3.05) is 7.05 Å². The first kappa shape index (κ1) is 16.0. The van der Waals surface area contributed by atoms with Crippen molar-refractivity contribution >= 4 is 17.8 Å². The maximum Gasteiger partial charge on any atom is 0.322 e. The number of nitrogens with zero attached hydrogens (tertiary/aromatic N) is 1. The number of benzene rings is 1. The lowest BCUT2D eigenvalue weighted by Crippen LogP contribution is -2.32. The van der Waals surface area contributed by atoms with Crippen LogP contribution in [0.15, 0.2) is 24.3 Å². The van der Waals surface area contributed by atoms with Gasteiger partial charge in [-0.1, -0.05) is 31.2 Å². The highest BCUT2D eigenvalue weighted by atomic mass is 16.2. The van der Waals surface area contributed by atoms with Crippen molar-refractivity contribution in [3.8, 4) is 0 Å². The van der Waals surface area contributed by atoms with E-state index in [1.165, 1.54) is 5.56 Å². The van der Waals surface area contributed by atoms with Crippen molar-refractivity contribution in [3.05, 3.63) is 35.4 Å². The van der Waals surface area contributed by atoms with E-state index in [1.807, 2.05) is 12.1 Å². The van der Waals surface area contributed by atoms with Crippen molar-refractivity contribution in [2.45, 2.75) is 38.8 Å². The van der Waals surface area contributed by atoms with E-state index in [1.54, 1.807) is 11.9 Å². The monoisotopic (exact) mass is 303 g/mol. The van der Waals surface area contributed by atoms with E-state index in [0.29, 0.717) is 13.0 Å². The summed E-state index contributed by atoms with van der Waals surface area (Å²) in [5.74, 6) is -0.413. The molecule has 0 saturated carbocycles. The first-order valence-corrected chi connectivity index (χ1v) is 7.42. The lowest BCUT2D eigenvalue weighted by atomic mass is 10.1. The summed E-state index contributed by atoms with van der Waals surface area (Å²) in [6.45, 7) is 2.63. The van der Waals surface area contributed by atoms with Gasteiger partial charge in [-0.15, -0.1) is 0 Å². The molecule has 2 rings (SSSR count). The second kappa shape index (κ2) is 7.06. The predicted octanol–water partition coefficient (Wildman–Crippen LogP) is 1.20. The molecule has 1 aromatic rings. The number of amides is 4. The zero-order valence-corrected chi connectivity index (χ0v) is 12.9.